The molecule has 102 valence electrons. The van der Waals surface area contributed by atoms with Gasteiger partial charge in [-0.3, -0.25) is 24.5 Å². The van der Waals surface area contributed by atoms with E-state index in [2.05, 4.69) is 10.4 Å². The molecular weight excluding hydrogens is 260 g/mol. The third kappa shape index (κ3) is 1.83. The summed E-state index contributed by atoms with van der Waals surface area (Å²) >= 11 is 0. The summed E-state index contributed by atoms with van der Waals surface area (Å²) < 4.78 is 1.64. The van der Waals surface area contributed by atoms with Crippen LogP contribution in [0.2, 0.25) is 0 Å². The van der Waals surface area contributed by atoms with Gasteiger partial charge in [-0.15, -0.1) is 0 Å². The molecule has 1 aliphatic rings. The van der Waals surface area contributed by atoms with E-state index in [0.29, 0.717) is 16.8 Å². The van der Waals surface area contributed by atoms with Crippen molar-refractivity contribution in [2.75, 3.05) is 11.4 Å². The third-order valence-electron chi connectivity index (χ3n) is 3.30. The van der Waals surface area contributed by atoms with E-state index < -0.39 is 6.03 Å². The summed E-state index contributed by atoms with van der Waals surface area (Å²) in [5.41, 5.74) is 1.33. The van der Waals surface area contributed by atoms with Crippen LogP contribution in [-0.4, -0.2) is 34.5 Å². The maximum absolute atomic E-state index is 11.9. The van der Waals surface area contributed by atoms with E-state index in [9.17, 15) is 14.4 Å². The van der Waals surface area contributed by atoms with Crippen LogP contribution < -0.4 is 10.2 Å². The van der Waals surface area contributed by atoms with Gasteiger partial charge in [0.1, 0.15) is 6.29 Å². The number of amides is 3. The Balaban J connectivity index is 2.13. The molecule has 2 heterocycles. The summed E-state index contributed by atoms with van der Waals surface area (Å²) in [6.07, 6.45) is 0.979. The standard InChI is InChI=1S/C13H12N4O3/c1-16-10-3-2-8(7-18)6-9(10)12(15-16)17-5-4-11(19)14-13(17)20/h2-3,6-7H,4-5H2,1H3,(H,14,19,20). The minimum Gasteiger partial charge on any atom is -0.298 e. The number of nitrogens with one attached hydrogen (secondary N) is 1. The van der Waals surface area contributed by atoms with Gasteiger partial charge in [-0.2, -0.15) is 5.10 Å². The van der Waals surface area contributed by atoms with E-state index >= 15 is 0 Å². The van der Waals surface area contributed by atoms with E-state index in [1.807, 2.05) is 0 Å². The molecule has 1 saturated heterocycles. The Morgan fingerprint density at radius 2 is 2.15 bits per heavy atom. The predicted molar refractivity (Wildman–Crippen MR) is 71.6 cm³/mol. The molecule has 0 atom stereocenters. The first kappa shape index (κ1) is 12.3. The largest absolute Gasteiger partial charge is 0.329 e. The molecule has 1 fully saturated rings. The molecule has 0 radical (unpaired) electrons. The Hall–Kier alpha value is -2.70. The number of aldehydes is 1. The lowest BCUT2D eigenvalue weighted by Crippen LogP contribution is -2.49. The number of hydrogen-bond acceptors (Lipinski definition) is 4. The number of carbonyl (C=O) groups excluding carboxylic acids is 3. The van der Waals surface area contributed by atoms with Crippen molar-refractivity contribution in [1.82, 2.24) is 15.1 Å². The molecule has 0 bridgehead atoms. The number of benzene rings is 1. The number of urea groups is 1. The predicted octanol–water partition coefficient (Wildman–Crippen LogP) is 0.832. The van der Waals surface area contributed by atoms with Gasteiger partial charge in [-0.25, -0.2) is 4.79 Å². The molecule has 0 unspecified atom stereocenters. The van der Waals surface area contributed by atoms with Gasteiger partial charge in [-0.05, 0) is 18.2 Å². The maximum atomic E-state index is 11.9. The van der Waals surface area contributed by atoms with Crippen molar-refractivity contribution < 1.29 is 14.4 Å². The zero-order valence-corrected chi connectivity index (χ0v) is 10.8. The molecule has 7 heteroatoms. The highest BCUT2D eigenvalue weighted by molar-refractivity contribution is 6.09. The average Bonchev–Trinajstić information content (AvgIpc) is 2.75. The summed E-state index contributed by atoms with van der Waals surface area (Å²) in [7, 11) is 1.76. The quantitative estimate of drug-likeness (QED) is 0.821. The molecule has 1 aliphatic heterocycles. The Bertz CT molecular complexity index is 735. The van der Waals surface area contributed by atoms with Crippen LogP contribution in [0.4, 0.5) is 10.6 Å². The fourth-order valence-electron chi connectivity index (χ4n) is 2.30. The molecule has 1 aromatic heterocycles. The summed E-state index contributed by atoms with van der Waals surface area (Å²) in [5.74, 6) is 0.163. The Labute approximate surface area is 114 Å². The Morgan fingerprint density at radius 1 is 1.35 bits per heavy atom. The molecule has 1 N–H and O–H groups in total. The number of hydrogen-bond donors (Lipinski definition) is 1. The lowest BCUT2D eigenvalue weighted by Gasteiger charge is -2.24. The van der Waals surface area contributed by atoms with Crippen LogP contribution in [0.5, 0.6) is 0 Å². The van der Waals surface area contributed by atoms with Crippen LogP contribution in [0, 0.1) is 0 Å². The van der Waals surface area contributed by atoms with Crippen molar-refractivity contribution in [3.8, 4) is 0 Å². The first-order chi connectivity index (χ1) is 9.60. The second-order valence-electron chi connectivity index (χ2n) is 4.60. The molecule has 2 aromatic rings. The van der Waals surface area contributed by atoms with E-state index in [-0.39, 0.29) is 18.9 Å². The van der Waals surface area contributed by atoms with Gasteiger partial charge in [0.2, 0.25) is 5.91 Å². The van der Waals surface area contributed by atoms with Gasteiger partial charge < -0.3 is 0 Å². The van der Waals surface area contributed by atoms with E-state index in [1.165, 1.54) is 4.90 Å². The molecular formula is C13H12N4O3. The Kier molecular flexibility index (Phi) is 2.74. The van der Waals surface area contributed by atoms with Gasteiger partial charge in [0.15, 0.2) is 5.82 Å². The normalized spacial score (nSPS) is 15.6. The molecule has 0 aliphatic carbocycles. The van der Waals surface area contributed by atoms with Gasteiger partial charge in [0.05, 0.1) is 5.52 Å². The second kappa shape index (κ2) is 4.44. The minimum absolute atomic E-state index is 0.233. The second-order valence-corrected chi connectivity index (χ2v) is 4.60. The number of imide groups is 1. The van der Waals surface area contributed by atoms with E-state index in [1.54, 1.807) is 29.9 Å². The molecule has 0 spiro atoms. The summed E-state index contributed by atoms with van der Waals surface area (Å²) in [6.45, 7) is 0.280. The number of anilines is 1. The van der Waals surface area contributed by atoms with Gasteiger partial charge >= 0.3 is 6.03 Å². The first-order valence-corrected chi connectivity index (χ1v) is 6.13. The van der Waals surface area contributed by atoms with Crippen LogP contribution in [0.25, 0.3) is 10.9 Å². The van der Waals surface area contributed by atoms with Crippen molar-refractivity contribution in [2.45, 2.75) is 6.42 Å². The SMILES string of the molecule is Cn1nc(N2CCC(=O)NC2=O)c2cc(C=O)ccc21. The van der Waals surface area contributed by atoms with Crippen LogP contribution in [-0.2, 0) is 11.8 Å². The van der Waals surface area contributed by atoms with Gasteiger partial charge in [-0.1, -0.05) is 0 Å². The number of carbonyl (C=O) groups is 3. The number of rotatable bonds is 2. The lowest BCUT2D eigenvalue weighted by atomic mass is 10.1. The highest BCUT2D eigenvalue weighted by Gasteiger charge is 2.27. The van der Waals surface area contributed by atoms with E-state index in [0.717, 1.165) is 11.8 Å². The molecule has 3 rings (SSSR count). The van der Waals surface area contributed by atoms with Crippen molar-refractivity contribution in [3.05, 3.63) is 23.8 Å². The van der Waals surface area contributed by atoms with Crippen LogP contribution in [0.1, 0.15) is 16.8 Å². The van der Waals surface area contributed by atoms with Crippen LogP contribution >= 0.6 is 0 Å². The molecule has 7 nitrogen and oxygen atoms in total. The minimum atomic E-state index is -0.488. The van der Waals surface area contributed by atoms with Crippen LogP contribution in [0.15, 0.2) is 18.2 Å². The fraction of sp³-hybridized carbons (Fsp3) is 0.231. The highest BCUT2D eigenvalue weighted by Crippen LogP contribution is 2.27. The lowest BCUT2D eigenvalue weighted by molar-refractivity contribution is -0.120. The number of aromatic nitrogens is 2. The molecule has 1 aromatic carbocycles. The molecule has 0 saturated carbocycles. The summed E-state index contributed by atoms with van der Waals surface area (Å²) in [4.78, 5) is 35.4. The topological polar surface area (TPSA) is 84.3 Å². The van der Waals surface area contributed by atoms with Gasteiger partial charge in [0.25, 0.3) is 0 Å². The first-order valence-electron chi connectivity index (χ1n) is 6.13. The van der Waals surface area contributed by atoms with Crippen molar-refractivity contribution in [3.63, 3.8) is 0 Å². The molecule has 20 heavy (non-hydrogen) atoms. The smallest absolute Gasteiger partial charge is 0.298 e. The third-order valence-corrected chi connectivity index (χ3v) is 3.30. The van der Waals surface area contributed by atoms with Gasteiger partial charge in [0, 0.05) is 31.0 Å². The summed E-state index contributed by atoms with van der Waals surface area (Å²) in [5, 5.41) is 7.29. The van der Waals surface area contributed by atoms with Crippen molar-refractivity contribution in [2.24, 2.45) is 7.05 Å². The zero-order chi connectivity index (χ0) is 14.3. The monoisotopic (exact) mass is 272 g/mol. The maximum Gasteiger partial charge on any atom is 0.329 e. The molecule has 3 amide bonds. The van der Waals surface area contributed by atoms with Crippen LogP contribution in [0.3, 0.4) is 0 Å². The Morgan fingerprint density at radius 3 is 2.85 bits per heavy atom. The van der Waals surface area contributed by atoms with E-state index in [4.69, 9.17) is 0 Å². The average molecular weight is 272 g/mol. The highest BCUT2D eigenvalue weighted by atomic mass is 16.2. The van der Waals surface area contributed by atoms with Crippen molar-refractivity contribution >= 4 is 34.9 Å². The number of aryl methyl sites for hydroxylation is 1. The zero-order valence-electron chi connectivity index (χ0n) is 10.8. The number of fused-ring (bicyclic) bond motifs is 1. The van der Waals surface area contributed by atoms with Crippen molar-refractivity contribution in [1.29, 1.82) is 0 Å². The number of nitrogens with zero attached hydrogens (tertiary/aromatic N) is 3. The fourth-order valence-corrected chi connectivity index (χ4v) is 2.30. The summed E-state index contributed by atoms with van der Waals surface area (Å²) in [6, 6.07) is 4.68.